The van der Waals surface area contributed by atoms with Crippen LogP contribution >= 0.6 is 0 Å². The van der Waals surface area contributed by atoms with Crippen LogP contribution in [0.2, 0.25) is 0 Å². The number of hydrogen-bond acceptors (Lipinski definition) is 4. The van der Waals surface area contributed by atoms with E-state index in [2.05, 4.69) is 33.5 Å². The summed E-state index contributed by atoms with van der Waals surface area (Å²) in [4.78, 5) is 8.97. The highest BCUT2D eigenvalue weighted by Crippen LogP contribution is 2.24. The maximum absolute atomic E-state index is 5.95. The van der Waals surface area contributed by atoms with Crippen LogP contribution in [-0.2, 0) is 0 Å². The number of ether oxygens (including phenoxy) is 1. The lowest BCUT2D eigenvalue weighted by molar-refractivity contribution is 0.156. The number of fused-ring (bicyclic) bond motifs is 1. The predicted molar refractivity (Wildman–Crippen MR) is 91.5 cm³/mol. The summed E-state index contributed by atoms with van der Waals surface area (Å²) in [5.41, 5.74) is 3.14. The van der Waals surface area contributed by atoms with Crippen molar-refractivity contribution in [2.75, 3.05) is 13.1 Å². The van der Waals surface area contributed by atoms with Crippen molar-refractivity contribution in [3.05, 3.63) is 54.9 Å². The lowest BCUT2D eigenvalue weighted by Gasteiger charge is -2.23. The Morgan fingerprint density at radius 2 is 1.74 bits per heavy atom. The number of hydrogen-bond donors (Lipinski definition) is 1. The van der Waals surface area contributed by atoms with E-state index >= 15 is 0 Å². The van der Waals surface area contributed by atoms with Gasteiger partial charge < -0.3 is 10.1 Å². The molecule has 23 heavy (non-hydrogen) atoms. The zero-order chi connectivity index (χ0) is 15.5. The van der Waals surface area contributed by atoms with Gasteiger partial charge in [-0.25, -0.2) is 4.98 Å². The molecule has 1 aliphatic rings. The summed E-state index contributed by atoms with van der Waals surface area (Å²) in [6, 6.07) is 14.3. The average Bonchev–Trinajstić information content (AvgIpc) is 2.63. The summed E-state index contributed by atoms with van der Waals surface area (Å²) < 4.78 is 5.95. The number of nitrogens with zero attached hydrogens (tertiary/aromatic N) is 2. The van der Waals surface area contributed by atoms with Gasteiger partial charge in [0.05, 0.1) is 5.52 Å². The molecule has 4 nitrogen and oxygen atoms in total. The molecule has 4 heteroatoms. The Labute approximate surface area is 135 Å². The van der Waals surface area contributed by atoms with Crippen LogP contribution < -0.4 is 10.1 Å². The first kappa shape index (κ1) is 14.2. The number of nitrogens with one attached hydrogen (secondary N) is 1. The largest absolute Gasteiger partial charge is 0.474 e. The summed E-state index contributed by atoms with van der Waals surface area (Å²) in [6.07, 6.45) is 6.11. The maximum atomic E-state index is 5.95. The van der Waals surface area contributed by atoms with E-state index < -0.39 is 0 Å². The Morgan fingerprint density at radius 3 is 2.57 bits per heavy atom. The van der Waals surface area contributed by atoms with Gasteiger partial charge in [0.25, 0.3) is 0 Å². The van der Waals surface area contributed by atoms with Crippen molar-refractivity contribution in [2.45, 2.75) is 18.9 Å². The van der Waals surface area contributed by atoms with Crippen molar-refractivity contribution in [2.24, 2.45) is 0 Å². The zero-order valence-corrected chi connectivity index (χ0v) is 12.9. The Morgan fingerprint density at radius 1 is 0.913 bits per heavy atom. The standard InChI is InChI=1S/C19H19N3O/c1-2-4-18-14(3-1)11-16(13-21-18)15-5-6-19(22-12-15)23-17-7-9-20-10-8-17/h1-6,11-13,17,20H,7-10H2. The van der Waals surface area contributed by atoms with Gasteiger partial charge in [-0.2, -0.15) is 0 Å². The third-order valence-electron chi connectivity index (χ3n) is 4.23. The molecule has 0 atom stereocenters. The van der Waals surface area contributed by atoms with E-state index in [1.165, 1.54) is 0 Å². The van der Waals surface area contributed by atoms with Gasteiger partial charge in [-0.1, -0.05) is 18.2 Å². The van der Waals surface area contributed by atoms with E-state index in [9.17, 15) is 0 Å². The summed E-state index contributed by atoms with van der Waals surface area (Å²) in [5.74, 6) is 0.703. The van der Waals surface area contributed by atoms with Crippen molar-refractivity contribution in [1.29, 1.82) is 0 Å². The van der Waals surface area contributed by atoms with E-state index in [0.717, 1.165) is 48.0 Å². The van der Waals surface area contributed by atoms with Crippen LogP contribution in [0, 0.1) is 0 Å². The summed E-state index contributed by atoms with van der Waals surface area (Å²) >= 11 is 0. The molecule has 2 aromatic heterocycles. The quantitative estimate of drug-likeness (QED) is 0.805. The van der Waals surface area contributed by atoms with Crippen LogP contribution in [-0.4, -0.2) is 29.2 Å². The van der Waals surface area contributed by atoms with E-state index in [1.807, 2.05) is 36.7 Å². The van der Waals surface area contributed by atoms with Gasteiger partial charge in [-0.15, -0.1) is 0 Å². The fourth-order valence-electron chi connectivity index (χ4n) is 2.93. The van der Waals surface area contributed by atoms with Gasteiger partial charge >= 0.3 is 0 Å². The van der Waals surface area contributed by atoms with Crippen molar-refractivity contribution in [1.82, 2.24) is 15.3 Å². The first-order valence-corrected chi connectivity index (χ1v) is 8.07. The maximum Gasteiger partial charge on any atom is 0.213 e. The molecule has 116 valence electrons. The molecule has 4 rings (SSSR count). The Kier molecular flexibility index (Phi) is 3.90. The van der Waals surface area contributed by atoms with Gasteiger partial charge in [-0.05, 0) is 44.1 Å². The first-order chi connectivity index (χ1) is 11.4. The summed E-state index contributed by atoms with van der Waals surface area (Å²) in [7, 11) is 0. The van der Waals surface area contributed by atoms with Crippen LogP contribution in [0.5, 0.6) is 5.88 Å². The molecule has 0 bridgehead atoms. The van der Waals surface area contributed by atoms with Crippen LogP contribution in [0.4, 0.5) is 0 Å². The molecular weight excluding hydrogens is 286 g/mol. The minimum absolute atomic E-state index is 0.275. The van der Waals surface area contributed by atoms with Gasteiger partial charge in [0, 0.05) is 35.0 Å². The average molecular weight is 305 g/mol. The highest BCUT2D eigenvalue weighted by Gasteiger charge is 2.14. The fraction of sp³-hybridized carbons (Fsp3) is 0.263. The van der Waals surface area contributed by atoms with E-state index in [-0.39, 0.29) is 6.10 Å². The molecule has 1 aromatic carbocycles. The van der Waals surface area contributed by atoms with Crippen LogP contribution in [0.1, 0.15) is 12.8 Å². The molecule has 0 aliphatic carbocycles. The number of pyridine rings is 2. The Hall–Kier alpha value is -2.46. The lowest BCUT2D eigenvalue weighted by atomic mass is 10.1. The van der Waals surface area contributed by atoms with Crippen LogP contribution in [0.25, 0.3) is 22.0 Å². The number of benzene rings is 1. The highest BCUT2D eigenvalue weighted by molar-refractivity contribution is 5.83. The van der Waals surface area contributed by atoms with E-state index in [1.54, 1.807) is 0 Å². The second-order valence-corrected chi connectivity index (χ2v) is 5.87. The smallest absolute Gasteiger partial charge is 0.213 e. The van der Waals surface area contributed by atoms with E-state index in [0.29, 0.717) is 5.88 Å². The molecule has 0 saturated carbocycles. The number of piperidine rings is 1. The molecule has 1 fully saturated rings. The summed E-state index contributed by atoms with van der Waals surface area (Å²) in [5, 5.41) is 4.48. The first-order valence-electron chi connectivity index (χ1n) is 8.07. The third-order valence-corrected chi connectivity index (χ3v) is 4.23. The molecule has 0 amide bonds. The molecule has 0 unspecified atom stereocenters. The van der Waals surface area contributed by atoms with Crippen molar-refractivity contribution < 1.29 is 4.74 Å². The molecule has 1 N–H and O–H groups in total. The molecule has 0 radical (unpaired) electrons. The van der Waals surface area contributed by atoms with Gasteiger partial charge in [0.1, 0.15) is 6.10 Å². The molecule has 1 saturated heterocycles. The van der Waals surface area contributed by atoms with Crippen molar-refractivity contribution in [3.8, 4) is 17.0 Å². The predicted octanol–water partition coefficient (Wildman–Crippen LogP) is 3.43. The second kappa shape index (κ2) is 6.34. The highest BCUT2D eigenvalue weighted by atomic mass is 16.5. The molecule has 0 spiro atoms. The van der Waals surface area contributed by atoms with Gasteiger partial charge in [0.2, 0.25) is 5.88 Å². The molecule has 3 aromatic rings. The second-order valence-electron chi connectivity index (χ2n) is 5.87. The monoisotopic (exact) mass is 305 g/mol. The Balaban J connectivity index is 1.54. The molecule has 1 aliphatic heterocycles. The molecular formula is C19H19N3O. The zero-order valence-electron chi connectivity index (χ0n) is 12.9. The van der Waals surface area contributed by atoms with Crippen LogP contribution in [0.15, 0.2) is 54.9 Å². The van der Waals surface area contributed by atoms with Crippen molar-refractivity contribution >= 4 is 10.9 Å². The Bertz CT molecular complexity index is 795. The topological polar surface area (TPSA) is 47.0 Å². The summed E-state index contributed by atoms with van der Waals surface area (Å²) in [6.45, 7) is 2.04. The lowest BCUT2D eigenvalue weighted by Crippen LogP contribution is -2.34. The minimum Gasteiger partial charge on any atom is -0.474 e. The van der Waals surface area contributed by atoms with Gasteiger partial charge in [-0.3, -0.25) is 4.98 Å². The third kappa shape index (κ3) is 3.17. The normalized spacial score (nSPS) is 15.7. The number of aromatic nitrogens is 2. The minimum atomic E-state index is 0.275. The number of rotatable bonds is 3. The van der Waals surface area contributed by atoms with Gasteiger partial charge in [0.15, 0.2) is 0 Å². The fourth-order valence-corrected chi connectivity index (χ4v) is 2.93. The van der Waals surface area contributed by atoms with Crippen molar-refractivity contribution in [3.63, 3.8) is 0 Å². The number of para-hydroxylation sites is 1. The molecule has 3 heterocycles. The van der Waals surface area contributed by atoms with E-state index in [4.69, 9.17) is 4.74 Å². The SMILES string of the molecule is c1ccc2ncc(-c3ccc(OC4CCNCC4)nc3)cc2c1. The van der Waals surface area contributed by atoms with Crippen LogP contribution in [0.3, 0.4) is 0 Å².